The average molecular weight is 269 g/mol. The number of hydrogen-bond acceptors (Lipinski definition) is 7. The van der Waals surface area contributed by atoms with Gasteiger partial charge in [-0.15, -0.1) is 0 Å². The molecule has 8 heteroatoms. The number of hydrogen-bond donors (Lipinski definition) is 2. The Labute approximate surface area is 111 Å². The lowest BCUT2D eigenvalue weighted by atomic mass is 10.1. The van der Waals surface area contributed by atoms with Gasteiger partial charge in [-0.3, -0.25) is 10.1 Å². The lowest BCUT2D eigenvalue weighted by Crippen LogP contribution is -2.37. The van der Waals surface area contributed by atoms with E-state index in [4.69, 9.17) is 0 Å². The summed E-state index contributed by atoms with van der Waals surface area (Å²) in [5.74, 6) is 0.503. The Kier molecular flexibility index (Phi) is 4.60. The van der Waals surface area contributed by atoms with Crippen molar-refractivity contribution >= 4 is 17.5 Å². The second-order valence-electron chi connectivity index (χ2n) is 4.86. The summed E-state index contributed by atoms with van der Waals surface area (Å²) in [6.45, 7) is 5.97. The van der Waals surface area contributed by atoms with Crippen LogP contribution in [0.2, 0.25) is 0 Å². The lowest BCUT2D eigenvalue weighted by Gasteiger charge is -2.26. The monoisotopic (exact) mass is 269 g/mol. The van der Waals surface area contributed by atoms with Gasteiger partial charge in [-0.1, -0.05) is 0 Å². The number of nitrogens with zero attached hydrogens (tertiary/aromatic N) is 4. The first-order valence-corrected chi connectivity index (χ1v) is 5.93. The van der Waals surface area contributed by atoms with Crippen molar-refractivity contribution < 1.29 is 10.0 Å². The topological polar surface area (TPSA) is 104 Å². The minimum Gasteiger partial charge on any atom is -0.389 e. The van der Waals surface area contributed by atoms with Crippen molar-refractivity contribution in [2.24, 2.45) is 0 Å². The molecule has 0 aliphatic rings. The Morgan fingerprint density at radius 2 is 2.21 bits per heavy atom. The standard InChI is InChI=1S/C11H19N5O3/c1-5-12-10-13-6-8(16(18)19)9(14-10)15(4)7-11(2,3)17/h6,17H,5,7H2,1-4H3,(H,12,13,14). The Morgan fingerprint density at radius 3 is 2.68 bits per heavy atom. The van der Waals surface area contributed by atoms with Crippen LogP contribution in [-0.2, 0) is 0 Å². The molecule has 0 aromatic carbocycles. The SMILES string of the molecule is CCNc1ncc([N+](=O)[O-])c(N(C)CC(C)(C)O)n1. The molecule has 0 spiro atoms. The second-order valence-corrected chi connectivity index (χ2v) is 4.86. The molecule has 0 unspecified atom stereocenters. The molecular weight excluding hydrogens is 250 g/mol. The summed E-state index contributed by atoms with van der Waals surface area (Å²) < 4.78 is 0. The number of anilines is 2. The molecule has 0 aliphatic heterocycles. The molecule has 0 saturated carbocycles. The molecule has 8 nitrogen and oxygen atoms in total. The fraction of sp³-hybridized carbons (Fsp3) is 0.636. The zero-order valence-electron chi connectivity index (χ0n) is 11.5. The molecule has 1 aromatic rings. The van der Waals surface area contributed by atoms with Gasteiger partial charge in [-0.05, 0) is 20.8 Å². The van der Waals surface area contributed by atoms with Crippen molar-refractivity contribution in [2.75, 3.05) is 30.4 Å². The molecule has 19 heavy (non-hydrogen) atoms. The zero-order valence-corrected chi connectivity index (χ0v) is 11.5. The van der Waals surface area contributed by atoms with Crippen molar-refractivity contribution in [1.82, 2.24) is 9.97 Å². The van der Waals surface area contributed by atoms with E-state index in [1.165, 1.54) is 6.20 Å². The van der Waals surface area contributed by atoms with E-state index >= 15 is 0 Å². The maximum absolute atomic E-state index is 11.0. The van der Waals surface area contributed by atoms with Crippen LogP contribution in [0.15, 0.2) is 6.20 Å². The van der Waals surface area contributed by atoms with Gasteiger partial charge < -0.3 is 15.3 Å². The maximum Gasteiger partial charge on any atom is 0.329 e. The summed E-state index contributed by atoms with van der Waals surface area (Å²) in [6.07, 6.45) is 1.17. The summed E-state index contributed by atoms with van der Waals surface area (Å²) in [7, 11) is 1.64. The molecule has 2 N–H and O–H groups in total. The molecule has 0 saturated heterocycles. The Morgan fingerprint density at radius 1 is 1.58 bits per heavy atom. The van der Waals surface area contributed by atoms with E-state index in [2.05, 4.69) is 15.3 Å². The van der Waals surface area contributed by atoms with Crippen LogP contribution < -0.4 is 10.2 Å². The number of aromatic nitrogens is 2. The van der Waals surface area contributed by atoms with Crippen LogP contribution in [0.5, 0.6) is 0 Å². The second kappa shape index (κ2) is 5.79. The highest BCUT2D eigenvalue weighted by molar-refractivity contribution is 5.58. The largest absolute Gasteiger partial charge is 0.389 e. The van der Waals surface area contributed by atoms with Crippen LogP contribution in [0, 0.1) is 10.1 Å². The van der Waals surface area contributed by atoms with E-state index < -0.39 is 10.5 Å². The van der Waals surface area contributed by atoms with Crippen molar-refractivity contribution in [3.05, 3.63) is 16.3 Å². The number of aliphatic hydroxyl groups is 1. The van der Waals surface area contributed by atoms with Gasteiger partial charge in [0.05, 0.1) is 10.5 Å². The first-order chi connectivity index (χ1) is 8.74. The van der Waals surface area contributed by atoms with Crippen LogP contribution in [0.3, 0.4) is 0 Å². The average Bonchev–Trinajstić information content (AvgIpc) is 2.26. The van der Waals surface area contributed by atoms with E-state index in [9.17, 15) is 15.2 Å². The normalized spacial score (nSPS) is 11.2. The van der Waals surface area contributed by atoms with Gasteiger partial charge in [0.15, 0.2) is 0 Å². The predicted octanol–water partition coefficient (Wildman–Crippen LogP) is 1.02. The van der Waals surface area contributed by atoms with Gasteiger partial charge in [0.2, 0.25) is 11.8 Å². The molecule has 0 amide bonds. The number of rotatable bonds is 6. The quantitative estimate of drug-likeness (QED) is 0.587. The van der Waals surface area contributed by atoms with Gasteiger partial charge in [0.25, 0.3) is 0 Å². The summed E-state index contributed by atoms with van der Waals surface area (Å²) >= 11 is 0. The van der Waals surface area contributed by atoms with Crippen molar-refractivity contribution in [3.63, 3.8) is 0 Å². The molecule has 0 atom stereocenters. The van der Waals surface area contributed by atoms with Gasteiger partial charge in [-0.2, -0.15) is 4.98 Å². The van der Waals surface area contributed by atoms with Crippen LogP contribution in [0.25, 0.3) is 0 Å². The summed E-state index contributed by atoms with van der Waals surface area (Å²) in [4.78, 5) is 20.0. The lowest BCUT2D eigenvalue weighted by molar-refractivity contribution is -0.384. The molecule has 106 valence electrons. The highest BCUT2D eigenvalue weighted by Crippen LogP contribution is 2.26. The van der Waals surface area contributed by atoms with Crippen LogP contribution in [0.1, 0.15) is 20.8 Å². The highest BCUT2D eigenvalue weighted by Gasteiger charge is 2.24. The van der Waals surface area contributed by atoms with Gasteiger partial charge in [0, 0.05) is 20.1 Å². The molecule has 1 rings (SSSR count). The Balaban J connectivity index is 3.13. The van der Waals surface area contributed by atoms with E-state index in [-0.39, 0.29) is 18.1 Å². The fourth-order valence-electron chi connectivity index (χ4n) is 1.67. The van der Waals surface area contributed by atoms with Crippen molar-refractivity contribution in [2.45, 2.75) is 26.4 Å². The summed E-state index contributed by atoms with van der Waals surface area (Å²) in [5.41, 5.74) is -1.17. The highest BCUT2D eigenvalue weighted by atomic mass is 16.6. The van der Waals surface area contributed by atoms with Gasteiger partial charge in [0.1, 0.15) is 6.20 Å². The molecule has 0 radical (unpaired) electrons. The van der Waals surface area contributed by atoms with Crippen LogP contribution in [0.4, 0.5) is 17.5 Å². The third kappa shape index (κ3) is 4.32. The van der Waals surface area contributed by atoms with Crippen LogP contribution >= 0.6 is 0 Å². The van der Waals surface area contributed by atoms with E-state index in [1.54, 1.807) is 25.8 Å². The molecular formula is C11H19N5O3. The Hall–Kier alpha value is -1.96. The van der Waals surface area contributed by atoms with Crippen molar-refractivity contribution in [1.29, 1.82) is 0 Å². The minimum atomic E-state index is -0.980. The molecule has 1 aromatic heterocycles. The zero-order chi connectivity index (χ0) is 14.6. The smallest absolute Gasteiger partial charge is 0.329 e. The van der Waals surface area contributed by atoms with Gasteiger partial charge >= 0.3 is 5.69 Å². The molecule has 0 bridgehead atoms. The van der Waals surface area contributed by atoms with E-state index in [1.807, 2.05) is 6.92 Å². The summed E-state index contributed by atoms with van der Waals surface area (Å²) in [5, 5.41) is 23.7. The minimum absolute atomic E-state index is 0.179. The number of nitrogens with one attached hydrogen (secondary N) is 1. The number of nitro groups is 1. The van der Waals surface area contributed by atoms with Crippen molar-refractivity contribution in [3.8, 4) is 0 Å². The van der Waals surface area contributed by atoms with Gasteiger partial charge in [-0.25, -0.2) is 4.98 Å². The van der Waals surface area contributed by atoms with E-state index in [0.717, 1.165) is 0 Å². The predicted molar refractivity (Wildman–Crippen MR) is 72.4 cm³/mol. The third-order valence-corrected chi connectivity index (χ3v) is 2.27. The number of likely N-dealkylation sites (N-methyl/N-ethyl adjacent to an activating group) is 1. The summed E-state index contributed by atoms with van der Waals surface area (Å²) in [6, 6.07) is 0. The Bertz CT molecular complexity index is 458. The maximum atomic E-state index is 11.0. The first kappa shape index (κ1) is 15.1. The first-order valence-electron chi connectivity index (χ1n) is 5.93. The van der Waals surface area contributed by atoms with E-state index in [0.29, 0.717) is 12.5 Å². The third-order valence-electron chi connectivity index (χ3n) is 2.27. The van der Waals surface area contributed by atoms with Crippen LogP contribution in [-0.4, -0.2) is 45.7 Å². The molecule has 0 aliphatic carbocycles. The fourth-order valence-corrected chi connectivity index (χ4v) is 1.67. The molecule has 1 heterocycles. The molecule has 0 fully saturated rings.